The zero-order valence-electron chi connectivity index (χ0n) is 16.2. The fraction of sp³-hybridized carbons (Fsp3) is 0.900. The van der Waals surface area contributed by atoms with Crippen LogP contribution in [0.15, 0.2) is 0 Å². The zero-order chi connectivity index (χ0) is 19.2. The maximum absolute atomic E-state index is 13.6. The maximum atomic E-state index is 13.6. The summed E-state index contributed by atoms with van der Waals surface area (Å²) in [5.41, 5.74) is 2.56. The Morgan fingerprint density at radius 2 is 1.19 bits per heavy atom. The number of carbonyl (C=O) groups is 2. The van der Waals surface area contributed by atoms with Crippen LogP contribution < -0.4 is 5.73 Å². The van der Waals surface area contributed by atoms with Gasteiger partial charge in [-0.25, -0.2) is 0 Å². The summed E-state index contributed by atoms with van der Waals surface area (Å²) in [6, 6.07) is -0.900. The summed E-state index contributed by atoms with van der Waals surface area (Å²) in [6.45, 7) is 3.73. The van der Waals surface area contributed by atoms with Gasteiger partial charge in [-0.1, -0.05) is 32.1 Å². The molecule has 148 valence electrons. The smallest absolute Gasteiger partial charge is 0.238 e. The van der Waals surface area contributed by atoms with Crippen LogP contribution in [0.2, 0.25) is 0 Å². The van der Waals surface area contributed by atoms with E-state index < -0.39 is 34.6 Å². The summed E-state index contributed by atoms with van der Waals surface area (Å²) in [7, 11) is 0. The Balaban J connectivity index is 1.96. The molecule has 2 unspecified atom stereocenters. The number of nitrogens with zero attached hydrogens (tertiary/aromatic N) is 1. The van der Waals surface area contributed by atoms with E-state index in [0.717, 1.165) is 32.1 Å². The molecule has 0 aromatic heterocycles. The third-order valence-corrected chi connectivity index (χ3v) is 7.65. The first kappa shape index (κ1) is 19.6. The summed E-state index contributed by atoms with van der Waals surface area (Å²) in [4.78, 5) is 27.4. The molecule has 0 spiro atoms. The van der Waals surface area contributed by atoms with E-state index in [4.69, 9.17) is 5.73 Å². The minimum absolute atomic E-state index is 0.295. The minimum atomic E-state index is -1.16. The number of carbonyl (C=O) groups excluding carboxylic acids is 2. The molecule has 3 fully saturated rings. The molecule has 0 aromatic rings. The largest absolute Gasteiger partial charge is 0.388 e. The van der Waals surface area contributed by atoms with Crippen LogP contribution in [0.5, 0.6) is 0 Å². The lowest BCUT2D eigenvalue weighted by atomic mass is 9.66. The van der Waals surface area contributed by atoms with Crippen LogP contribution in [0.3, 0.4) is 0 Å². The van der Waals surface area contributed by atoms with Gasteiger partial charge in [0.2, 0.25) is 11.8 Å². The number of hydrogen-bond donors (Lipinski definition) is 3. The van der Waals surface area contributed by atoms with Gasteiger partial charge in [0, 0.05) is 0 Å². The topological polar surface area (TPSA) is 104 Å². The van der Waals surface area contributed by atoms with Crippen molar-refractivity contribution in [3.8, 4) is 0 Å². The van der Waals surface area contributed by atoms with E-state index in [1.54, 1.807) is 4.90 Å². The lowest BCUT2D eigenvalue weighted by Gasteiger charge is -2.51. The Bertz CT molecular complexity index is 532. The Hall–Kier alpha value is -1.14. The van der Waals surface area contributed by atoms with Crippen LogP contribution in [-0.2, 0) is 9.59 Å². The van der Waals surface area contributed by atoms with Gasteiger partial charge in [0.15, 0.2) is 0 Å². The molecule has 0 saturated heterocycles. The van der Waals surface area contributed by atoms with Gasteiger partial charge in [0.1, 0.15) is 5.41 Å². The molecule has 2 atom stereocenters. The molecule has 26 heavy (non-hydrogen) atoms. The predicted octanol–water partition coefficient (Wildman–Crippen LogP) is 1.86. The molecule has 3 aliphatic rings. The Labute approximate surface area is 156 Å². The summed E-state index contributed by atoms with van der Waals surface area (Å²) in [5.74, 6) is -0.869. The van der Waals surface area contributed by atoms with Crippen LogP contribution in [0.25, 0.3) is 0 Å². The van der Waals surface area contributed by atoms with E-state index >= 15 is 0 Å². The van der Waals surface area contributed by atoms with Gasteiger partial charge >= 0.3 is 0 Å². The van der Waals surface area contributed by atoms with Gasteiger partial charge in [-0.15, -0.1) is 0 Å². The zero-order valence-corrected chi connectivity index (χ0v) is 16.2. The number of aliphatic hydroxyl groups is 2. The van der Waals surface area contributed by atoms with Gasteiger partial charge in [-0.3, -0.25) is 9.59 Å². The average Bonchev–Trinajstić information content (AvgIpc) is 3.16. The van der Waals surface area contributed by atoms with Crippen molar-refractivity contribution < 1.29 is 19.8 Å². The number of amides is 2. The first-order valence-electron chi connectivity index (χ1n) is 10.2. The van der Waals surface area contributed by atoms with E-state index in [1.165, 1.54) is 0 Å². The number of rotatable bonds is 6. The van der Waals surface area contributed by atoms with E-state index in [1.807, 2.05) is 13.8 Å². The highest BCUT2D eigenvalue weighted by Crippen LogP contribution is 2.47. The molecule has 0 bridgehead atoms. The predicted molar refractivity (Wildman–Crippen MR) is 98.1 cm³/mol. The molecular weight excluding hydrogens is 332 g/mol. The highest BCUT2D eigenvalue weighted by molar-refractivity contribution is 6.05. The normalized spacial score (nSPS) is 28.2. The van der Waals surface area contributed by atoms with E-state index in [0.29, 0.717) is 38.5 Å². The van der Waals surface area contributed by atoms with Crippen molar-refractivity contribution in [3.63, 3.8) is 0 Å². The molecule has 6 heteroatoms. The van der Waals surface area contributed by atoms with Gasteiger partial charge in [0.05, 0.1) is 23.3 Å². The number of nitrogens with two attached hydrogens (primary N) is 1. The molecule has 0 aromatic carbocycles. The third-order valence-electron chi connectivity index (χ3n) is 7.65. The van der Waals surface area contributed by atoms with Crippen molar-refractivity contribution in [3.05, 3.63) is 0 Å². The Morgan fingerprint density at radius 1 is 0.808 bits per heavy atom. The van der Waals surface area contributed by atoms with Crippen molar-refractivity contribution in [2.75, 3.05) is 0 Å². The second-order valence-electron chi connectivity index (χ2n) is 8.99. The summed E-state index contributed by atoms with van der Waals surface area (Å²) < 4.78 is 0. The van der Waals surface area contributed by atoms with Gasteiger partial charge in [0.25, 0.3) is 0 Å². The molecule has 0 heterocycles. The fourth-order valence-electron chi connectivity index (χ4n) is 5.36. The highest BCUT2D eigenvalue weighted by Gasteiger charge is 2.57. The van der Waals surface area contributed by atoms with Crippen LogP contribution in [0.1, 0.15) is 84.5 Å². The van der Waals surface area contributed by atoms with E-state index in [2.05, 4.69) is 0 Å². The molecule has 6 nitrogen and oxygen atoms in total. The van der Waals surface area contributed by atoms with Crippen molar-refractivity contribution in [1.82, 2.24) is 4.90 Å². The second-order valence-corrected chi connectivity index (χ2v) is 8.99. The molecule has 3 saturated carbocycles. The van der Waals surface area contributed by atoms with Crippen molar-refractivity contribution in [2.24, 2.45) is 11.1 Å². The SMILES string of the molecule is CC(N(C(=O)C1(C(N)=O)CCC1)C(C)C1(O)CCCC1)C1(O)CCCC1. The number of primary amides is 1. The number of hydrogen-bond acceptors (Lipinski definition) is 4. The van der Waals surface area contributed by atoms with E-state index in [9.17, 15) is 19.8 Å². The Morgan fingerprint density at radius 3 is 1.46 bits per heavy atom. The second kappa shape index (κ2) is 6.79. The van der Waals surface area contributed by atoms with Crippen LogP contribution in [0.4, 0.5) is 0 Å². The molecule has 0 radical (unpaired) electrons. The van der Waals surface area contributed by atoms with Crippen LogP contribution in [-0.4, -0.2) is 50.2 Å². The lowest BCUT2D eigenvalue weighted by molar-refractivity contribution is -0.172. The molecular formula is C20H34N2O4. The molecule has 3 rings (SSSR count). The lowest BCUT2D eigenvalue weighted by Crippen LogP contribution is -2.66. The van der Waals surface area contributed by atoms with Gasteiger partial charge in [-0.05, 0) is 52.4 Å². The van der Waals surface area contributed by atoms with Crippen molar-refractivity contribution in [1.29, 1.82) is 0 Å². The Kier molecular flexibility index (Phi) is 5.12. The summed E-state index contributed by atoms with van der Waals surface area (Å²) >= 11 is 0. The van der Waals surface area contributed by atoms with Gasteiger partial charge < -0.3 is 20.8 Å². The van der Waals surface area contributed by atoms with Gasteiger partial charge in [-0.2, -0.15) is 0 Å². The minimum Gasteiger partial charge on any atom is -0.388 e. The van der Waals surface area contributed by atoms with Crippen molar-refractivity contribution >= 4 is 11.8 Å². The maximum Gasteiger partial charge on any atom is 0.238 e. The van der Waals surface area contributed by atoms with E-state index in [-0.39, 0.29) is 5.91 Å². The van der Waals surface area contributed by atoms with Crippen molar-refractivity contribution in [2.45, 2.75) is 108 Å². The van der Waals surface area contributed by atoms with Crippen LogP contribution >= 0.6 is 0 Å². The summed E-state index contributed by atoms with van der Waals surface area (Å²) in [6.07, 6.45) is 8.05. The first-order chi connectivity index (χ1) is 12.2. The van der Waals surface area contributed by atoms with Crippen LogP contribution in [0, 0.1) is 5.41 Å². The first-order valence-corrected chi connectivity index (χ1v) is 10.2. The monoisotopic (exact) mass is 366 g/mol. The quantitative estimate of drug-likeness (QED) is 0.624. The third kappa shape index (κ3) is 2.95. The molecule has 2 amide bonds. The molecule has 4 N–H and O–H groups in total. The highest BCUT2D eigenvalue weighted by atomic mass is 16.3. The summed E-state index contributed by atoms with van der Waals surface area (Å²) in [5, 5.41) is 22.3. The molecule has 3 aliphatic carbocycles. The fourth-order valence-corrected chi connectivity index (χ4v) is 5.36. The average molecular weight is 367 g/mol. The standard InChI is InChI=1S/C20H34N2O4/c1-14(19(25)10-3-4-11-19)22(15(2)20(26)12-5-6-13-20)17(24)18(16(21)23)8-7-9-18/h14-15,25-26H,3-13H2,1-2H3,(H2,21,23). The molecule has 0 aliphatic heterocycles.